The van der Waals surface area contributed by atoms with E-state index in [0.29, 0.717) is 23.2 Å². The summed E-state index contributed by atoms with van der Waals surface area (Å²) < 4.78 is 2.76. The molecule has 1 aliphatic rings. The second-order valence-electron chi connectivity index (χ2n) is 5.48. The van der Waals surface area contributed by atoms with Crippen LogP contribution in [0.2, 0.25) is 5.15 Å². The zero-order valence-electron chi connectivity index (χ0n) is 11.6. The van der Waals surface area contributed by atoms with Gasteiger partial charge in [0.2, 0.25) is 0 Å². The van der Waals surface area contributed by atoms with Gasteiger partial charge in [0.15, 0.2) is 6.29 Å². The van der Waals surface area contributed by atoms with Crippen LogP contribution in [0.1, 0.15) is 53.2 Å². The van der Waals surface area contributed by atoms with E-state index in [1.807, 2.05) is 24.3 Å². The minimum absolute atomic E-state index is 0.381. The summed E-state index contributed by atoms with van der Waals surface area (Å²) in [6, 6.07) is 8.02. The second kappa shape index (κ2) is 6.32. The first-order valence-electron chi connectivity index (χ1n) is 7.15. The Hall–Kier alpha value is -1.13. The van der Waals surface area contributed by atoms with Crippen LogP contribution in [-0.4, -0.2) is 16.1 Å². The number of carbonyl (C=O) groups is 1. The molecule has 110 valence electrons. The van der Waals surface area contributed by atoms with Gasteiger partial charge in [0.1, 0.15) is 5.15 Å². The molecule has 0 bridgehead atoms. The highest BCUT2D eigenvalue weighted by Gasteiger charge is 2.26. The summed E-state index contributed by atoms with van der Waals surface area (Å²) in [5.41, 5.74) is 2.55. The molecule has 0 spiro atoms. The lowest BCUT2D eigenvalue weighted by Gasteiger charge is -2.06. The zero-order valence-corrected chi connectivity index (χ0v) is 13.9. The quantitative estimate of drug-likeness (QED) is 0.726. The van der Waals surface area contributed by atoms with Crippen molar-refractivity contribution in [3.05, 3.63) is 50.7 Å². The fourth-order valence-corrected chi connectivity index (χ4v) is 3.68. The van der Waals surface area contributed by atoms with Crippen LogP contribution >= 0.6 is 27.5 Å². The van der Waals surface area contributed by atoms with Crippen molar-refractivity contribution in [1.29, 1.82) is 0 Å². The van der Waals surface area contributed by atoms with Gasteiger partial charge in [0.05, 0.1) is 17.8 Å². The van der Waals surface area contributed by atoms with Gasteiger partial charge < -0.3 is 0 Å². The van der Waals surface area contributed by atoms with E-state index in [1.165, 1.54) is 12.8 Å². The third kappa shape index (κ3) is 3.06. The predicted molar refractivity (Wildman–Crippen MR) is 87.1 cm³/mol. The summed E-state index contributed by atoms with van der Waals surface area (Å²) in [5, 5.41) is 5.08. The largest absolute Gasteiger partial charge is 0.298 e. The molecule has 1 saturated carbocycles. The predicted octanol–water partition coefficient (Wildman–Crippen LogP) is 4.82. The Kier molecular flexibility index (Phi) is 4.45. The van der Waals surface area contributed by atoms with Crippen LogP contribution in [0.15, 0.2) is 28.7 Å². The van der Waals surface area contributed by atoms with Gasteiger partial charge in [-0.15, -0.1) is 0 Å². The first kappa shape index (κ1) is 14.8. The molecule has 0 radical (unpaired) electrons. The van der Waals surface area contributed by atoms with E-state index in [-0.39, 0.29) is 0 Å². The normalized spacial score (nSPS) is 15.5. The topological polar surface area (TPSA) is 34.9 Å². The summed E-state index contributed by atoms with van der Waals surface area (Å²) in [6.07, 6.45) is 5.47. The minimum atomic E-state index is 0.381. The summed E-state index contributed by atoms with van der Waals surface area (Å²) >= 11 is 9.82. The Bertz CT molecular complexity index is 662. The number of carbonyl (C=O) groups excluding carboxylic acids is 1. The molecule has 0 N–H and O–H groups in total. The van der Waals surface area contributed by atoms with Gasteiger partial charge in [-0.3, -0.25) is 4.79 Å². The van der Waals surface area contributed by atoms with E-state index in [4.69, 9.17) is 11.6 Å². The van der Waals surface area contributed by atoms with Crippen molar-refractivity contribution >= 4 is 33.8 Å². The molecule has 3 nitrogen and oxygen atoms in total. The maximum Gasteiger partial charge on any atom is 0.155 e. The Morgan fingerprint density at radius 2 is 2.14 bits per heavy atom. The van der Waals surface area contributed by atoms with E-state index < -0.39 is 0 Å². The lowest BCUT2D eigenvalue weighted by molar-refractivity contribution is 0.112. The van der Waals surface area contributed by atoms with Crippen molar-refractivity contribution in [3.63, 3.8) is 0 Å². The average molecular weight is 368 g/mol. The molecule has 1 aromatic carbocycles. The highest BCUT2D eigenvalue weighted by Crippen LogP contribution is 2.36. The van der Waals surface area contributed by atoms with Crippen LogP contribution in [0.25, 0.3) is 0 Å². The van der Waals surface area contributed by atoms with Crippen LogP contribution in [0.3, 0.4) is 0 Å². The highest BCUT2D eigenvalue weighted by atomic mass is 79.9. The Labute approximate surface area is 137 Å². The van der Waals surface area contributed by atoms with Crippen LogP contribution in [0, 0.1) is 0 Å². The molecule has 0 amide bonds. The Morgan fingerprint density at radius 3 is 2.81 bits per heavy atom. The van der Waals surface area contributed by atoms with E-state index >= 15 is 0 Å². The van der Waals surface area contributed by atoms with E-state index in [0.717, 1.165) is 34.9 Å². The monoisotopic (exact) mass is 366 g/mol. The molecule has 21 heavy (non-hydrogen) atoms. The van der Waals surface area contributed by atoms with Crippen LogP contribution in [-0.2, 0) is 6.54 Å². The highest BCUT2D eigenvalue weighted by molar-refractivity contribution is 9.10. The molecule has 5 heteroatoms. The summed E-state index contributed by atoms with van der Waals surface area (Å²) in [5.74, 6) is 0.381. The standard InChI is InChI=1S/C16H16BrClN2O/c17-13-7-3-4-11(8-13)9-20-16(18)14(10-21)15(19-20)12-5-1-2-6-12/h3-4,7-8,10,12H,1-2,5-6,9H2. The van der Waals surface area contributed by atoms with E-state index in [9.17, 15) is 4.79 Å². The van der Waals surface area contributed by atoms with Gasteiger partial charge >= 0.3 is 0 Å². The van der Waals surface area contributed by atoms with Crippen molar-refractivity contribution < 1.29 is 4.79 Å². The third-order valence-corrected chi connectivity index (χ3v) is 4.93. The van der Waals surface area contributed by atoms with Crippen LogP contribution < -0.4 is 0 Å². The molecule has 1 aromatic heterocycles. The number of aldehydes is 1. The number of hydrogen-bond donors (Lipinski definition) is 0. The van der Waals surface area contributed by atoms with Crippen LogP contribution in [0.4, 0.5) is 0 Å². The molecule has 0 atom stereocenters. The lowest BCUT2D eigenvalue weighted by atomic mass is 10.0. The number of rotatable bonds is 4. The minimum Gasteiger partial charge on any atom is -0.298 e. The summed E-state index contributed by atoms with van der Waals surface area (Å²) in [7, 11) is 0. The van der Waals surface area contributed by atoms with E-state index in [2.05, 4.69) is 21.0 Å². The molecule has 0 saturated heterocycles. The van der Waals surface area contributed by atoms with E-state index in [1.54, 1.807) is 4.68 Å². The zero-order chi connectivity index (χ0) is 14.8. The molecule has 3 rings (SSSR count). The third-order valence-electron chi connectivity index (χ3n) is 4.03. The van der Waals surface area contributed by atoms with Crippen molar-refractivity contribution in [2.75, 3.05) is 0 Å². The number of aromatic nitrogens is 2. The fourth-order valence-electron chi connectivity index (χ4n) is 3.00. The van der Waals surface area contributed by atoms with Crippen molar-refractivity contribution in [2.45, 2.75) is 38.1 Å². The maximum atomic E-state index is 11.4. The Balaban J connectivity index is 1.93. The SMILES string of the molecule is O=Cc1c(C2CCCC2)nn(Cc2cccc(Br)c2)c1Cl. The van der Waals surface area contributed by atoms with Gasteiger partial charge in [-0.05, 0) is 30.5 Å². The lowest BCUT2D eigenvalue weighted by Crippen LogP contribution is -2.03. The summed E-state index contributed by atoms with van der Waals surface area (Å²) in [6.45, 7) is 0.575. The number of nitrogens with zero attached hydrogens (tertiary/aromatic N) is 2. The average Bonchev–Trinajstić information content (AvgIpc) is 3.08. The van der Waals surface area contributed by atoms with Crippen molar-refractivity contribution in [2.24, 2.45) is 0 Å². The summed E-state index contributed by atoms with van der Waals surface area (Å²) in [4.78, 5) is 11.4. The number of hydrogen-bond acceptors (Lipinski definition) is 2. The van der Waals surface area contributed by atoms with Gasteiger partial charge in [0, 0.05) is 10.4 Å². The molecule has 0 unspecified atom stereocenters. The molecular formula is C16H16BrClN2O. The number of benzene rings is 1. The van der Waals surface area contributed by atoms with Gasteiger partial charge in [-0.1, -0.05) is 52.5 Å². The molecule has 0 aliphatic heterocycles. The van der Waals surface area contributed by atoms with Gasteiger partial charge in [-0.25, -0.2) is 4.68 Å². The van der Waals surface area contributed by atoms with Crippen LogP contribution in [0.5, 0.6) is 0 Å². The van der Waals surface area contributed by atoms with Gasteiger partial charge in [-0.2, -0.15) is 5.10 Å². The second-order valence-corrected chi connectivity index (χ2v) is 6.75. The molecule has 1 aliphatic carbocycles. The number of halogens is 2. The molecule has 1 heterocycles. The maximum absolute atomic E-state index is 11.4. The smallest absolute Gasteiger partial charge is 0.155 e. The first-order chi connectivity index (χ1) is 10.2. The Morgan fingerprint density at radius 1 is 1.38 bits per heavy atom. The molecular weight excluding hydrogens is 352 g/mol. The fraction of sp³-hybridized carbons (Fsp3) is 0.375. The van der Waals surface area contributed by atoms with Gasteiger partial charge in [0.25, 0.3) is 0 Å². The molecule has 1 fully saturated rings. The first-order valence-corrected chi connectivity index (χ1v) is 8.32. The van der Waals surface area contributed by atoms with Crippen molar-refractivity contribution in [3.8, 4) is 0 Å². The van der Waals surface area contributed by atoms with Crippen molar-refractivity contribution in [1.82, 2.24) is 9.78 Å². The molecule has 2 aromatic rings.